The van der Waals surface area contributed by atoms with Crippen LogP contribution < -0.4 is 4.18 Å². The molecule has 0 saturated carbocycles. The molecule has 150 valence electrons. The molecule has 0 aliphatic rings. The van der Waals surface area contributed by atoms with Crippen LogP contribution in [-0.4, -0.2) is 28.1 Å². The van der Waals surface area contributed by atoms with Gasteiger partial charge in [0.05, 0.1) is 22.3 Å². The molecule has 0 unspecified atom stereocenters. The van der Waals surface area contributed by atoms with Gasteiger partial charge in [0.15, 0.2) is 9.84 Å². The average molecular weight is 437 g/mol. The van der Waals surface area contributed by atoms with E-state index in [4.69, 9.17) is 0 Å². The van der Waals surface area contributed by atoms with Gasteiger partial charge in [-0.05, 0) is 30.3 Å². The van der Waals surface area contributed by atoms with E-state index in [1.54, 1.807) is 6.07 Å². The molecule has 0 radical (unpaired) electrons. The van der Waals surface area contributed by atoms with E-state index in [-0.39, 0.29) is 21.8 Å². The van der Waals surface area contributed by atoms with Crippen LogP contribution in [0.3, 0.4) is 0 Å². The highest BCUT2D eigenvalue weighted by molar-refractivity contribution is 7.91. The highest BCUT2D eigenvalue weighted by Gasteiger charge is 2.48. The maximum atomic E-state index is 14.2. The third-order valence-electron chi connectivity index (χ3n) is 3.57. The number of alkyl halides is 3. The second-order valence-corrected chi connectivity index (χ2v) is 9.16. The molecule has 2 aromatic rings. The number of halogens is 4. The summed E-state index contributed by atoms with van der Waals surface area (Å²) < 4.78 is 102. The number of hydrogen-bond donors (Lipinski definition) is 0. The molecule has 0 saturated heterocycles. The Kier molecular flexibility index (Phi) is 5.72. The van der Waals surface area contributed by atoms with Gasteiger partial charge >= 0.3 is 15.6 Å². The fourth-order valence-corrected chi connectivity index (χ4v) is 3.51. The van der Waals surface area contributed by atoms with Crippen LogP contribution >= 0.6 is 0 Å². The second-order valence-electron chi connectivity index (χ2n) is 5.35. The van der Waals surface area contributed by atoms with Gasteiger partial charge in [-0.25, -0.2) is 12.8 Å². The average Bonchev–Trinajstić information content (AvgIpc) is 2.61. The summed E-state index contributed by atoms with van der Waals surface area (Å²) in [5, 5.41) is 9.25. The van der Waals surface area contributed by atoms with Crippen molar-refractivity contribution in [1.82, 2.24) is 0 Å². The number of sulfone groups is 1. The Hall–Kier alpha value is -2.65. The van der Waals surface area contributed by atoms with Gasteiger partial charge in [0.1, 0.15) is 11.6 Å². The first-order valence-electron chi connectivity index (χ1n) is 7.40. The van der Waals surface area contributed by atoms with Crippen LogP contribution in [0.25, 0.3) is 11.1 Å². The first-order chi connectivity index (χ1) is 12.8. The summed E-state index contributed by atoms with van der Waals surface area (Å²) in [6.07, 6.45) is 0. The molecule has 0 heterocycles. The monoisotopic (exact) mass is 437 g/mol. The number of nitriles is 1. The minimum Gasteiger partial charge on any atom is -0.376 e. The summed E-state index contributed by atoms with van der Waals surface area (Å²) in [4.78, 5) is -0.192. The van der Waals surface area contributed by atoms with Crippen molar-refractivity contribution in [3.05, 3.63) is 47.8 Å². The number of rotatable bonds is 5. The van der Waals surface area contributed by atoms with Crippen molar-refractivity contribution >= 4 is 20.0 Å². The Bertz CT molecular complexity index is 1170. The Morgan fingerprint density at radius 1 is 1.04 bits per heavy atom. The minimum atomic E-state index is -5.97. The lowest BCUT2D eigenvalue weighted by molar-refractivity contribution is -0.0500. The lowest BCUT2D eigenvalue weighted by Crippen LogP contribution is -2.28. The predicted molar refractivity (Wildman–Crippen MR) is 89.9 cm³/mol. The van der Waals surface area contributed by atoms with Gasteiger partial charge in [-0.1, -0.05) is 13.0 Å². The largest absolute Gasteiger partial charge is 0.534 e. The standard InChI is InChI=1S/C16H11F4NO5S2/c1-2-27(22,23)12-4-5-13(10(7-12)9-21)14-8-11(3-6-15(14)17)26-28(24,25)16(18,19)20/h3-8H,2H2,1H3. The maximum absolute atomic E-state index is 14.2. The molecular formula is C16H11F4NO5S2. The number of hydrogen-bond acceptors (Lipinski definition) is 6. The van der Waals surface area contributed by atoms with Crippen molar-refractivity contribution in [2.45, 2.75) is 17.3 Å². The van der Waals surface area contributed by atoms with Crippen LogP contribution in [0.4, 0.5) is 17.6 Å². The summed E-state index contributed by atoms with van der Waals surface area (Å²) in [6.45, 7) is 1.39. The molecule has 0 atom stereocenters. The lowest BCUT2D eigenvalue weighted by atomic mass is 10.00. The maximum Gasteiger partial charge on any atom is 0.534 e. The summed E-state index contributed by atoms with van der Waals surface area (Å²) in [5.41, 5.74) is -6.55. The fraction of sp³-hybridized carbons (Fsp3) is 0.188. The Morgan fingerprint density at radius 3 is 2.21 bits per heavy atom. The highest BCUT2D eigenvalue weighted by Crippen LogP contribution is 2.33. The van der Waals surface area contributed by atoms with Crippen molar-refractivity contribution in [3.63, 3.8) is 0 Å². The van der Waals surface area contributed by atoms with E-state index in [9.17, 15) is 39.7 Å². The van der Waals surface area contributed by atoms with Crippen molar-refractivity contribution in [2.75, 3.05) is 5.75 Å². The molecule has 0 aliphatic heterocycles. The molecule has 0 aromatic heterocycles. The van der Waals surface area contributed by atoms with E-state index in [1.807, 2.05) is 0 Å². The zero-order chi connectivity index (χ0) is 21.3. The molecule has 0 amide bonds. The van der Waals surface area contributed by atoms with E-state index >= 15 is 0 Å². The third-order valence-corrected chi connectivity index (χ3v) is 6.28. The van der Waals surface area contributed by atoms with Gasteiger partial charge in [0.2, 0.25) is 0 Å². The van der Waals surface area contributed by atoms with E-state index in [2.05, 4.69) is 4.18 Å². The Labute approximate surface area is 158 Å². The van der Waals surface area contributed by atoms with Crippen molar-refractivity contribution in [1.29, 1.82) is 5.26 Å². The summed E-state index contributed by atoms with van der Waals surface area (Å²) in [5.74, 6) is -2.06. The highest BCUT2D eigenvalue weighted by atomic mass is 32.2. The minimum absolute atomic E-state index is 0.148. The van der Waals surface area contributed by atoms with Crippen LogP contribution in [0.2, 0.25) is 0 Å². The number of nitrogens with zero attached hydrogens (tertiary/aromatic N) is 1. The Morgan fingerprint density at radius 2 is 1.68 bits per heavy atom. The van der Waals surface area contributed by atoms with Crippen molar-refractivity contribution in [2.24, 2.45) is 0 Å². The van der Waals surface area contributed by atoms with E-state index < -0.39 is 42.6 Å². The molecule has 28 heavy (non-hydrogen) atoms. The fourth-order valence-electron chi connectivity index (χ4n) is 2.15. The third kappa shape index (κ3) is 4.26. The SMILES string of the molecule is CCS(=O)(=O)c1ccc(-c2cc(OS(=O)(=O)C(F)(F)F)ccc2F)c(C#N)c1. The lowest BCUT2D eigenvalue weighted by Gasteiger charge is -2.12. The van der Waals surface area contributed by atoms with Crippen molar-refractivity contribution < 1.29 is 38.6 Å². The van der Waals surface area contributed by atoms with Crippen LogP contribution in [0, 0.1) is 17.1 Å². The van der Waals surface area contributed by atoms with Crippen LogP contribution in [0.5, 0.6) is 5.75 Å². The summed E-state index contributed by atoms with van der Waals surface area (Å²) in [6, 6.07) is 6.88. The van der Waals surface area contributed by atoms with Gasteiger partial charge in [0.25, 0.3) is 0 Å². The molecule has 2 aromatic carbocycles. The zero-order valence-corrected chi connectivity index (χ0v) is 15.6. The summed E-state index contributed by atoms with van der Waals surface area (Å²) >= 11 is 0. The molecule has 0 fully saturated rings. The molecule has 0 N–H and O–H groups in total. The predicted octanol–water partition coefficient (Wildman–Crippen LogP) is 3.39. The first kappa shape index (κ1) is 21.6. The zero-order valence-electron chi connectivity index (χ0n) is 14.0. The topological polar surface area (TPSA) is 101 Å². The van der Waals surface area contributed by atoms with Crippen LogP contribution in [-0.2, 0) is 20.0 Å². The smallest absolute Gasteiger partial charge is 0.376 e. The first-order valence-corrected chi connectivity index (χ1v) is 10.5. The molecule has 0 bridgehead atoms. The van der Waals surface area contributed by atoms with E-state index in [0.29, 0.717) is 18.2 Å². The van der Waals surface area contributed by atoms with Gasteiger partial charge in [-0.2, -0.15) is 26.9 Å². The molecule has 0 spiro atoms. The van der Waals surface area contributed by atoms with Crippen molar-refractivity contribution in [3.8, 4) is 22.9 Å². The van der Waals surface area contributed by atoms with Gasteiger partial charge in [-0.15, -0.1) is 0 Å². The van der Waals surface area contributed by atoms with E-state index in [1.165, 1.54) is 6.92 Å². The van der Waals surface area contributed by atoms with E-state index in [0.717, 1.165) is 18.2 Å². The Balaban J connectivity index is 2.59. The van der Waals surface area contributed by atoms with Crippen LogP contribution in [0.1, 0.15) is 12.5 Å². The summed E-state index contributed by atoms with van der Waals surface area (Å²) in [7, 11) is -9.64. The van der Waals surface area contributed by atoms with Gasteiger partial charge in [-0.3, -0.25) is 0 Å². The molecule has 6 nitrogen and oxygen atoms in total. The second kappa shape index (κ2) is 7.40. The van der Waals surface area contributed by atoms with Gasteiger partial charge < -0.3 is 4.18 Å². The molecular weight excluding hydrogens is 426 g/mol. The molecule has 2 rings (SSSR count). The quantitative estimate of drug-likeness (QED) is 0.404. The normalized spacial score (nSPS) is 12.4. The van der Waals surface area contributed by atoms with Crippen LogP contribution in [0.15, 0.2) is 41.3 Å². The molecule has 0 aliphatic carbocycles. The molecule has 12 heteroatoms. The van der Waals surface area contributed by atoms with Gasteiger partial charge in [0, 0.05) is 11.1 Å². The number of benzene rings is 2.